The number of esters is 1. The van der Waals surface area contributed by atoms with Gasteiger partial charge in [-0.05, 0) is 46.9 Å². The molecule has 0 aliphatic heterocycles. The number of allylic oxidation sites excluding steroid dienone is 2. The van der Waals surface area contributed by atoms with E-state index in [9.17, 15) is 9.90 Å². The first kappa shape index (κ1) is 19.4. The van der Waals surface area contributed by atoms with E-state index < -0.39 is 12.1 Å². The Morgan fingerprint density at radius 2 is 1.78 bits per heavy atom. The molecule has 0 radical (unpaired) electrons. The molecule has 1 atom stereocenters. The van der Waals surface area contributed by atoms with Gasteiger partial charge in [0.25, 0.3) is 0 Å². The van der Waals surface area contributed by atoms with E-state index in [1.54, 1.807) is 0 Å². The van der Waals surface area contributed by atoms with E-state index in [2.05, 4.69) is 32.1 Å². The molecular formula is C24H28O3. The van der Waals surface area contributed by atoms with Gasteiger partial charge in [0.2, 0.25) is 0 Å². The lowest BCUT2D eigenvalue weighted by Crippen LogP contribution is -2.25. The minimum Gasteiger partial charge on any atom is -0.459 e. The number of carbonyl (C=O) groups is 1. The van der Waals surface area contributed by atoms with Crippen LogP contribution in [0, 0.1) is 5.41 Å². The summed E-state index contributed by atoms with van der Waals surface area (Å²) in [5.74, 6) is -0.583. The van der Waals surface area contributed by atoms with E-state index in [1.165, 1.54) is 17.6 Å². The molecule has 1 N–H and O–H groups in total. The second kappa shape index (κ2) is 8.53. The third-order valence-corrected chi connectivity index (χ3v) is 5.22. The molecule has 0 fully saturated rings. The van der Waals surface area contributed by atoms with Crippen molar-refractivity contribution in [2.45, 2.75) is 52.2 Å². The largest absolute Gasteiger partial charge is 0.459 e. The Labute approximate surface area is 161 Å². The average Bonchev–Trinajstić information content (AvgIpc) is 2.67. The van der Waals surface area contributed by atoms with Gasteiger partial charge in [-0.15, -0.1) is 0 Å². The molecular weight excluding hydrogens is 336 g/mol. The molecule has 0 saturated carbocycles. The van der Waals surface area contributed by atoms with Crippen molar-refractivity contribution in [3.05, 3.63) is 77.4 Å². The zero-order valence-electron chi connectivity index (χ0n) is 16.2. The maximum absolute atomic E-state index is 12.0. The van der Waals surface area contributed by atoms with E-state index in [0.29, 0.717) is 5.41 Å². The molecule has 27 heavy (non-hydrogen) atoms. The fourth-order valence-corrected chi connectivity index (χ4v) is 3.33. The van der Waals surface area contributed by atoms with E-state index in [4.69, 9.17) is 4.74 Å². The molecule has 3 nitrogen and oxygen atoms in total. The Kier molecular flexibility index (Phi) is 6.12. The van der Waals surface area contributed by atoms with Crippen LogP contribution >= 0.6 is 0 Å². The highest BCUT2D eigenvalue weighted by Gasteiger charge is 2.22. The SMILES string of the molecule is CC1(C)CC=C(c2ccc(CC(O)C(=O)OCc3ccccc3)cc2)CC1. The number of benzene rings is 2. The maximum Gasteiger partial charge on any atom is 0.335 e. The molecule has 1 unspecified atom stereocenters. The molecule has 0 heterocycles. The number of hydrogen-bond acceptors (Lipinski definition) is 3. The normalized spacial score (nSPS) is 17.1. The van der Waals surface area contributed by atoms with Gasteiger partial charge in [0, 0.05) is 6.42 Å². The van der Waals surface area contributed by atoms with Crippen molar-refractivity contribution in [2.24, 2.45) is 5.41 Å². The van der Waals surface area contributed by atoms with Crippen molar-refractivity contribution in [3.8, 4) is 0 Å². The summed E-state index contributed by atoms with van der Waals surface area (Å²) >= 11 is 0. The number of aliphatic hydroxyl groups excluding tert-OH is 1. The third-order valence-electron chi connectivity index (χ3n) is 5.22. The van der Waals surface area contributed by atoms with Crippen LogP contribution in [0.1, 0.15) is 49.8 Å². The van der Waals surface area contributed by atoms with E-state index in [1.807, 2.05) is 42.5 Å². The Morgan fingerprint density at radius 3 is 2.41 bits per heavy atom. The fraction of sp³-hybridized carbons (Fsp3) is 0.375. The molecule has 0 saturated heterocycles. The van der Waals surface area contributed by atoms with Crippen LogP contribution in [-0.2, 0) is 22.6 Å². The fourth-order valence-electron chi connectivity index (χ4n) is 3.33. The van der Waals surface area contributed by atoms with Crippen LogP contribution in [0.5, 0.6) is 0 Å². The molecule has 2 aromatic rings. The molecule has 3 rings (SSSR count). The number of ether oxygens (including phenoxy) is 1. The minimum atomic E-state index is -1.14. The predicted octanol–water partition coefficient (Wildman–Crippen LogP) is 4.93. The van der Waals surface area contributed by atoms with Crippen molar-refractivity contribution < 1.29 is 14.6 Å². The first-order valence-corrected chi connectivity index (χ1v) is 9.60. The summed E-state index contributed by atoms with van der Waals surface area (Å²) in [7, 11) is 0. The van der Waals surface area contributed by atoms with Crippen LogP contribution in [0.25, 0.3) is 5.57 Å². The van der Waals surface area contributed by atoms with Crippen LogP contribution in [-0.4, -0.2) is 17.2 Å². The molecule has 0 bridgehead atoms. The van der Waals surface area contributed by atoms with Crippen LogP contribution in [0.15, 0.2) is 60.7 Å². The molecule has 0 spiro atoms. The molecule has 1 aliphatic carbocycles. The Morgan fingerprint density at radius 1 is 1.07 bits per heavy atom. The number of carbonyl (C=O) groups excluding carboxylic acids is 1. The van der Waals surface area contributed by atoms with Gasteiger partial charge in [0.15, 0.2) is 6.10 Å². The van der Waals surface area contributed by atoms with Gasteiger partial charge in [-0.3, -0.25) is 0 Å². The van der Waals surface area contributed by atoms with Crippen LogP contribution in [0.2, 0.25) is 0 Å². The highest BCUT2D eigenvalue weighted by molar-refractivity contribution is 5.75. The first-order valence-electron chi connectivity index (χ1n) is 9.60. The van der Waals surface area contributed by atoms with E-state index in [-0.39, 0.29) is 13.0 Å². The molecule has 0 aromatic heterocycles. The monoisotopic (exact) mass is 364 g/mol. The minimum absolute atomic E-state index is 0.181. The predicted molar refractivity (Wildman–Crippen MR) is 108 cm³/mol. The van der Waals surface area contributed by atoms with Crippen LogP contribution in [0.4, 0.5) is 0 Å². The zero-order valence-corrected chi connectivity index (χ0v) is 16.2. The summed E-state index contributed by atoms with van der Waals surface area (Å²) in [6.07, 6.45) is 4.87. The summed E-state index contributed by atoms with van der Waals surface area (Å²) < 4.78 is 5.20. The smallest absolute Gasteiger partial charge is 0.335 e. The maximum atomic E-state index is 12.0. The summed E-state index contributed by atoms with van der Waals surface area (Å²) in [6, 6.07) is 17.6. The molecule has 0 amide bonds. The van der Waals surface area contributed by atoms with Gasteiger partial charge in [-0.25, -0.2) is 4.79 Å². The lowest BCUT2D eigenvalue weighted by Gasteiger charge is -2.28. The summed E-state index contributed by atoms with van der Waals surface area (Å²) in [5.41, 5.74) is 4.86. The highest BCUT2D eigenvalue weighted by atomic mass is 16.5. The van der Waals surface area contributed by atoms with Crippen molar-refractivity contribution in [2.75, 3.05) is 0 Å². The number of hydrogen-bond donors (Lipinski definition) is 1. The molecule has 142 valence electrons. The van der Waals surface area contributed by atoms with E-state index >= 15 is 0 Å². The number of rotatable bonds is 6. The van der Waals surface area contributed by atoms with Crippen molar-refractivity contribution in [1.82, 2.24) is 0 Å². The second-order valence-corrected chi connectivity index (χ2v) is 8.11. The molecule has 1 aliphatic rings. The molecule has 3 heteroatoms. The zero-order chi connectivity index (χ0) is 19.3. The quantitative estimate of drug-likeness (QED) is 0.740. The number of aliphatic hydroxyl groups is 1. The van der Waals surface area contributed by atoms with Crippen molar-refractivity contribution in [3.63, 3.8) is 0 Å². The Hall–Kier alpha value is -2.39. The van der Waals surface area contributed by atoms with Gasteiger partial charge in [-0.2, -0.15) is 0 Å². The Bertz CT molecular complexity index is 788. The first-order chi connectivity index (χ1) is 12.9. The summed E-state index contributed by atoms with van der Waals surface area (Å²) in [5, 5.41) is 10.1. The lowest BCUT2D eigenvalue weighted by molar-refractivity contribution is -0.154. The molecule has 2 aromatic carbocycles. The second-order valence-electron chi connectivity index (χ2n) is 8.11. The highest BCUT2D eigenvalue weighted by Crippen LogP contribution is 2.37. The standard InChI is InChI=1S/C24H28O3/c1-24(2)14-12-21(13-15-24)20-10-8-18(9-11-20)16-22(25)23(26)27-17-19-6-4-3-5-7-19/h3-12,22,25H,13-17H2,1-2H3. The van der Waals surface area contributed by atoms with Gasteiger partial charge in [-0.1, -0.05) is 74.5 Å². The average molecular weight is 364 g/mol. The van der Waals surface area contributed by atoms with E-state index in [0.717, 1.165) is 24.0 Å². The Balaban J connectivity index is 1.53. The third kappa shape index (κ3) is 5.54. The van der Waals surface area contributed by atoms with Crippen LogP contribution in [0.3, 0.4) is 0 Å². The summed E-state index contributed by atoms with van der Waals surface area (Å²) in [6.45, 7) is 4.80. The van der Waals surface area contributed by atoms with Gasteiger partial charge < -0.3 is 9.84 Å². The topological polar surface area (TPSA) is 46.5 Å². The summed E-state index contributed by atoms with van der Waals surface area (Å²) in [4.78, 5) is 12.0. The van der Waals surface area contributed by atoms with Gasteiger partial charge in [0.1, 0.15) is 6.61 Å². The van der Waals surface area contributed by atoms with Crippen LogP contribution < -0.4 is 0 Å². The van der Waals surface area contributed by atoms with Crippen molar-refractivity contribution >= 4 is 11.5 Å². The van der Waals surface area contributed by atoms with Gasteiger partial charge in [0.05, 0.1) is 0 Å². The van der Waals surface area contributed by atoms with Crippen molar-refractivity contribution in [1.29, 1.82) is 0 Å². The lowest BCUT2D eigenvalue weighted by atomic mass is 9.77. The van der Waals surface area contributed by atoms with Gasteiger partial charge >= 0.3 is 5.97 Å².